The number of rotatable bonds is 0. The van der Waals surface area contributed by atoms with Gasteiger partial charge in [0.25, 0.3) is 0 Å². The van der Waals surface area contributed by atoms with Gasteiger partial charge in [-0.1, -0.05) is 0 Å². The fourth-order valence-electron chi connectivity index (χ4n) is 0. The summed E-state index contributed by atoms with van der Waals surface area (Å²) in [6.07, 6.45) is 0. The van der Waals surface area contributed by atoms with E-state index in [2.05, 4.69) is 0 Å². The predicted octanol–water partition coefficient (Wildman–Crippen LogP) is -2.86. The van der Waals surface area contributed by atoms with Crippen molar-refractivity contribution in [3.05, 3.63) is 0 Å². The van der Waals surface area contributed by atoms with Gasteiger partial charge in [-0.2, -0.15) is 0 Å². The van der Waals surface area contributed by atoms with Gasteiger partial charge in [-0.25, -0.2) is 0 Å². The third kappa shape index (κ3) is 22.3. The molecule has 5 heavy (non-hydrogen) atoms. The molecule has 0 fully saturated rings. The maximum atomic E-state index is 0. The zero-order chi connectivity index (χ0) is 0. The standard InChI is InChI=1S/K.Nb.3H2O/h;;3*1H2. The Kier molecular flexibility index (Phi) is 379. The van der Waals surface area contributed by atoms with Gasteiger partial charge in [0.15, 0.2) is 0 Å². The van der Waals surface area contributed by atoms with Crippen LogP contribution in [0.15, 0.2) is 0 Å². The molecule has 0 saturated heterocycles. The predicted molar refractivity (Wildman–Crippen MR) is 16.6 cm³/mol. The summed E-state index contributed by atoms with van der Waals surface area (Å²) in [5, 5.41) is 0. The van der Waals surface area contributed by atoms with Crippen molar-refractivity contribution < 1.29 is 38.8 Å². The molecule has 0 heterocycles. The molecular formula is H6KNbO3. The summed E-state index contributed by atoms with van der Waals surface area (Å²) in [5.41, 5.74) is 0. The van der Waals surface area contributed by atoms with Gasteiger partial charge in [0, 0.05) is 73.8 Å². The Morgan fingerprint density at radius 3 is 0.600 bits per heavy atom. The van der Waals surface area contributed by atoms with Gasteiger partial charge in [-0.3, -0.25) is 0 Å². The molecule has 6 N–H and O–H groups in total. The van der Waals surface area contributed by atoms with Gasteiger partial charge in [0.05, 0.1) is 0 Å². The first-order valence-corrected chi connectivity index (χ1v) is 0. The molecular weight excluding hydrogens is 180 g/mol. The Bertz CT molecular complexity index is 6.85. The maximum absolute atomic E-state index is 0. The smallest absolute Gasteiger partial charge is 0 e. The molecule has 3 nitrogen and oxygen atoms in total. The second-order valence-corrected chi connectivity index (χ2v) is 0. The molecule has 0 atom stereocenters. The van der Waals surface area contributed by atoms with Crippen molar-refractivity contribution >= 4 is 51.4 Å². The van der Waals surface area contributed by atoms with Gasteiger partial charge in [-0.15, -0.1) is 0 Å². The first kappa shape index (κ1) is 55.8. The van der Waals surface area contributed by atoms with Crippen LogP contribution < -0.4 is 0 Å². The summed E-state index contributed by atoms with van der Waals surface area (Å²) in [6.45, 7) is 0. The van der Waals surface area contributed by atoms with Crippen molar-refractivity contribution in [1.29, 1.82) is 0 Å². The van der Waals surface area contributed by atoms with E-state index in [-0.39, 0.29) is 90.2 Å². The maximum Gasteiger partial charge on any atom is 0 e. The van der Waals surface area contributed by atoms with E-state index in [1.807, 2.05) is 0 Å². The fourth-order valence-corrected chi connectivity index (χ4v) is 0. The van der Waals surface area contributed by atoms with Crippen molar-refractivity contribution in [3.63, 3.8) is 0 Å². The van der Waals surface area contributed by atoms with Crippen LogP contribution in [-0.2, 0) is 22.4 Å². The summed E-state index contributed by atoms with van der Waals surface area (Å²) >= 11 is 0. The van der Waals surface area contributed by atoms with Gasteiger partial charge < -0.3 is 16.4 Å². The summed E-state index contributed by atoms with van der Waals surface area (Å²) in [5.74, 6) is 0. The van der Waals surface area contributed by atoms with Crippen molar-refractivity contribution in [2.24, 2.45) is 0 Å². The molecule has 5 heteroatoms. The molecule has 0 bridgehead atoms. The third-order valence-electron chi connectivity index (χ3n) is 0. The first-order chi connectivity index (χ1) is 0. The summed E-state index contributed by atoms with van der Waals surface area (Å²) in [7, 11) is 0. The molecule has 0 aromatic carbocycles. The Morgan fingerprint density at radius 1 is 0.600 bits per heavy atom. The number of hydrogen-bond donors (Lipinski definition) is 0. The zero-order valence-electron chi connectivity index (χ0n) is 2.95. The summed E-state index contributed by atoms with van der Waals surface area (Å²) in [6, 6.07) is 0. The van der Waals surface area contributed by atoms with E-state index in [0.29, 0.717) is 0 Å². The Labute approximate surface area is 88.4 Å². The molecule has 0 aromatic rings. The fraction of sp³-hybridized carbons (Fsp3) is 0. The quantitative estimate of drug-likeness (QED) is 0.364. The largest absolute Gasteiger partial charge is 0.412 e. The zero-order valence-corrected chi connectivity index (χ0v) is 8.27. The van der Waals surface area contributed by atoms with Crippen LogP contribution in [0.3, 0.4) is 0 Å². The van der Waals surface area contributed by atoms with Crippen LogP contribution in [0.25, 0.3) is 0 Å². The molecule has 2 radical (unpaired) electrons. The Balaban J connectivity index is 0. The van der Waals surface area contributed by atoms with E-state index in [0.717, 1.165) is 0 Å². The van der Waals surface area contributed by atoms with Gasteiger partial charge >= 0.3 is 0 Å². The van der Waals surface area contributed by atoms with E-state index in [1.165, 1.54) is 0 Å². The second-order valence-electron chi connectivity index (χ2n) is 0. The van der Waals surface area contributed by atoms with Crippen molar-refractivity contribution in [2.75, 3.05) is 0 Å². The average molecular weight is 186 g/mol. The van der Waals surface area contributed by atoms with Gasteiger partial charge in [0.1, 0.15) is 0 Å². The first-order valence-electron chi connectivity index (χ1n) is 0. The van der Waals surface area contributed by atoms with Crippen molar-refractivity contribution in [1.82, 2.24) is 0 Å². The Morgan fingerprint density at radius 2 is 0.600 bits per heavy atom. The molecule has 0 aromatic heterocycles. The molecule has 30 valence electrons. The third-order valence-corrected chi connectivity index (χ3v) is 0. The van der Waals surface area contributed by atoms with E-state index in [1.54, 1.807) is 0 Å². The second kappa shape index (κ2) is 33.9. The molecule has 0 rings (SSSR count). The van der Waals surface area contributed by atoms with Gasteiger partial charge in [-0.05, 0) is 0 Å². The molecule has 0 spiro atoms. The van der Waals surface area contributed by atoms with Crippen LogP contribution in [0.4, 0.5) is 0 Å². The minimum atomic E-state index is 0. The van der Waals surface area contributed by atoms with Crippen LogP contribution in [0.1, 0.15) is 0 Å². The molecule has 0 aliphatic carbocycles. The SMILES string of the molecule is O.O.O.[K].[Nb]. The minimum Gasteiger partial charge on any atom is -0.412 e. The molecule has 0 aliphatic rings. The van der Waals surface area contributed by atoms with E-state index >= 15 is 0 Å². The van der Waals surface area contributed by atoms with Crippen molar-refractivity contribution in [2.45, 2.75) is 0 Å². The molecule has 0 amide bonds. The van der Waals surface area contributed by atoms with Crippen LogP contribution in [0, 0.1) is 0 Å². The van der Waals surface area contributed by atoms with Crippen LogP contribution >= 0.6 is 0 Å². The molecule has 0 aliphatic heterocycles. The molecule has 0 saturated carbocycles. The van der Waals surface area contributed by atoms with E-state index < -0.39 is 0 Å². The van der Waals surface area contributed by atoms with Crippen LogP contribution in [-0.4, -0.2) is 67.8 Å². The normalized spacial score (nSPS) is 0. The van der Waals surface area contributed by atoms with E-state index in [4.69, 9.17) is 0 Å². The monoisotopic (exact) mass is 186 g/mol. The summed E-state index contributed by atoms with van der Waals surface area (Å²) in [4.78, 5) is 0. The topological polar surface area (TPSA) is 94.5 Å². The van der Waals surface area contributed by atoms with Crippen LogP contribution in [0.5, 0.6) is 0 Å². The molecule has 0 unspecified atom stereocenters. The van der Waals surface area contributed by atoms with E-state index in [9.17, 15) is 0 Å². The number of hydrogen-bond acceptors (Lipinski definition) is 0. The Hall–Kier alpha value is 2.26. The van der Waals surface area contributed by atoms with Gasteiger partial charge in [0.2, 0.25) is 0 Å². The minimum absolute atomic E-state index is 0. The summed E-state index contributed by atoms with van der Waals surface area (Å²) < 4.78 is 0. The average Bonchev–Trinajstić information content (AvgIpc) is 0. The van der Waals surface area contributed by atoms with Crippen molar-refractivity contribution in [3.8, 4) is 0 Å². The van der Waals surface area contributed by atoms with Crippen LogP contribution in [0.2, 0.25) is 0 Å².